The van der Waals surface area contributed by atoms with Gasteiger partial charge < -0.3 is 19.5 Å². The van der Waals surface area contributed by atoms with Gasteiger partial charge in [-0.25, -0.2) is 0 Å². The fourth-order valence-electron chi connectivity index (χ4n) is 1.82. The van der Waals surface area contributed by atoms with Gasteiger partial charge in [0.25, 0.3) is 0 Å². The smallest absolute Gasteiger partial charge is 0.404 e. The lowest BCUT2D eigenvalue weighted by molar-refractivity contribution is -0.274. The van der Waals surface area contributed by atoms with E-state index < -0.39 is 12.1 Å². The van der Waals surface area contributed by atoms with Gasteiger partial charge in [-0.1, -0.05) is 15.9 Å². The van der Waals surface area contributed by atoms with Gasteiger partial charge in [0, 0.05) is 4.47 Å². The zero-order chi connectivity index (χ0) is 15.7. The minimum atomic E-state index is -4.75. The van der Waals surface area contributed by atoms with Crippen LogP contribution in [0.5, 0.6) is 5.75 Å². The molecule has 1 aliphatic heterocycles. The summed E-state index contributed by atoms with van der Waals surface area (Å²) in [6.45, 7) is 4.21. The summed E-state index contributed by atoms with van der Waals surface area (Å²) in [5, 5.41) is 2.94. The molecule has 0 bridgehead atoms. The molecule has 1 aromatic carbocycles. The third-order valence-corrected chi connectivity index (χ3v) is 3.29. The average molecular weight is 370 g/mol. The first kappa shape index (κ1) is 16.4. The Hall–Kier alpha value is -0.990. The molecular formula is C13H15BrF3NO3. The minimum Gasteiger partial charge on any atom is -0.404 e. The van der Waals surface area contributed by atoms with Crippen molar-refractivity contribution in [2.24, 2.45) is 0 Å². The van der Waals surface area contributed by atoms with Crippen LogP contribution in [0.1, 0.15) is 13.8 Å². The van der Waals surface area contributed by atoms with Gasteiger partial charge in [-0.2, -0.15) is 0 Å². The minimum absolute atomic E-state index is 0.229. The molecule has 0 amide bonds. The average Bonchev–Trinajstić information content (AvgIpc) is 2.33. The first-order valence-corrected chi connectivity index (χ1v) is 7.04. The van der Waals surface area contributed by atoms with Crippen molar-refractivity contribution < 1.29 is 27.4 Å². The summed E-state index contributed by atoms with van der Waals surface area (Å²) in [6, 6.07) is 4.13. The second kappa shape index (κ2) is 6.02. The standard InChI is InChI=1S/C13H15BrF3NO3/c1-12(2)19-6-9(7-20-12)18-10-4-3-8(14)5-11(10)21-13(15,16)17/h3-5,9,18H,6-7H2,1-2H3. The molecule has 21 heavy (non-hydrogen) atoms. The molecular weight excluding hydrogens is 355 g/mol. The number of halogens is 4. The Balaban J connectivity index is 2.09. The summed E-state index contributed by atoms with van der Waals surface area (Å²) in [5.74, 6) is -0.981. The maximum absolute atomic E-state index is 12.4. The van der Waals surface area contributed by atoms with E-state index in [4.69, 9.17) is 9.47 Å². The summed E-state index contributed by atoms with van der Waals surface area (Å²) >= 11 is 3.12. The Morgan fingerprint density at radius 1 is 1.29 bits per heavy atom. The first-order valence-electron chi connectivity index (χ1n) is 6.24. The van der Waals surface area contributed by atoms with Crippen molar-refractivity contribution in [2.75, 3.05) is 18.5 Å². The van der Waals surface area contributed by atoms with Crippen LogP contribution in [0.15, 0.2) is 22.7 Å². The van der Waals surface area contributed by atoms with Gasteiger partial charge in [0.2, 0.25) is 0 Å². The third-order valence-electron chi connectivity index (χ3n) is 2.79. The molecule has 0 saturated carbocycles. The largest absolute Gasteiger partial charge is 0.573 e. The van der Waals surface area contributed by atoms with Gasteiger partial charge in [0.15, 0.2) is 11.5 Å². The van der Waals surface area contributed by atoms with Crippen LogP contribution >= 0.6 is 15.9 Å². The van der Waals surface area contributed by atoms with Crippen LogP contribution in [0.25, 0.3) is 0 Å². The Morgan fingerprint density at radius 3 is 2.48 bits per heavy atom. The van der Waals surface area contributed by atoms with E-state index in [-0.39, 0.29) is 17.5 Å². The lowest BCUT2D eigenvalue weighted by atomic mass is 10.2. The summed E-state index contributed by atoms with van der Waals surface area (Å²) in [6.07, 6.45) is -4.75. The molecule has 1 saturated heterocycles. The zero-order valence-electron chi connectivity index (χ0n) is 11.5. The maximum atomic E-state index is 12.4. The van der Waals surface area contributed by atoms with Crippen LogP contribution < -0.4 is 10.1 Å². The van der Waals surface area contributed by atoms with Gasteiger partial charge in [0.05, 0.1) is 24.9 Å². The topological polar surface area (TPSA) is 39.7 Å². The quantitative estimate of drug-likeness (QED) is 0.876. The van der Waals surface area contributed by atoms with Gasteiger partial charge in [-0.3, -0.25) is 0 Å². The second-order valence-electron chi connectivity index (χ2n) is 5.05. The first-order chi connectivity index (χ1) is 9.65. The number of hydrogen-bond acceptors (Lipinski definition) is 4. The Kier molecular flexibility index (Phi) is 4.69. The monoisotopic (exact) mass is 369 g/mol. The predicted octanol–water partition coefficient (Wildman–Crippen LogP) is 3.91. The number of benzene rings is 1. The van der Waals surface area contributed by atoms with Gasteiger partial charge in [-0.05, 0) is 32.0 Å². The Morgan fingerprint density at radius 2 is 1.90 bits per heavy atom. The zero-order valence-corrected chi connectivity index (χ0v) is 13.0. The predicted molar refractivity (Wildman–Crippen MR) is 74.2 cm³/mol. The molecule has 1 aromatic rings. The molecule has 0 aliphatic carbocycles. The van der Waals surface area contributed by atoms with Crippen LogP contribution in [0.3, 0.4) is 0 Å². The molecule has 1 aliphatic rings. The van der Waals surface area contributed by atoms with E-state index in [0.717, 1.165) is 0 Å². The van der Waals surface area contributed by atoms with Crippen molar-refractivity contribution in [3.63, 3.8) is 0 Å². The normalized spacial score (nSPS) is 19.3. The number of rotatable bonds is 3. The lowest BCUT2D eigenvalue weighted by Gasteiger charge is -2.35. The second-order valence-corrected chi connectivity index (χ2v) is 5.97. The van der Waals surface area contributed by atoms with Crippen LogP contribution in [0, 0.1) is 0 Å². The highest BCUT2D eigenvalue weighted by Gasteiger charge is 2.33. The van der Waals surface area contributed by atoms with Crippen molar-refractivity contribution in [3.05, 3.63) is 22.7 Å². The fraction of sp³-hybridized carbons (Fsp3) is 0.538. The van der Waals surface area contributed by atoms with Gasteiger partial charge in [0.1, 0.15) is 0 Å². The highest BCUT2D eigenvalue weighted by molar-refractivity contribution is 9.10. The van der Waals surface area contributed by atoms with E-state index in [1.54, 1.807) is 19.9 Å². The van der Waals surface area contributed by atoms with Crippen molar-refractivity contribution in [1.82, 2.24) is 0 Å². The lowest BCUT2D eigenvalue weighted by Crippen LogP contribution is -2.45. The number of nitrogens with one attached hydrogen (secondary N) is 1. The Bertz CT molecular complexity index is 498. The van der Waals surface area contributed by atoms with Crippen LogP contribution in [0.4, 0.5) is 18.9 Å². The number of ether oxygens (including phenoxy) is 3. The van der Waals surface area contributed by atoms with Crippen molar-refractivity contribution in [3.8, 4) is 5.75 Å². The van der Waals surface area contributed by atoms with Gasteiger partial charge >= 0.3 is 6.36 Å². The number of alkyl halides is 3. The van der Waals surface area contributed by atoms with Crippen LogP contribution in [-0.2, 0) is 9.47 Å². The molecule has 4 nitrogen and oxygen atoms in total. The molecule has 0 atom stereocenters. The summed E-state index contributed by atoms with van der Waals surface area (Å²) in [4.78, 5) is 0. The molecule has 8 heteroatoms. The van der Waals surface area contributed by atoms with E-state index in [9.17, 15) is 13.2 Å². The number of hydrogen-bond donors (Lipinski definition) is 1. The molecule has 0 unspecified atom stereocenters. The van der Waals surface area contributed by atoms with Gasteiger partial charge in [-0.15, -0.1) is 13.2 Å². The summed E-state index contributed by atoms with van der Waals surface area (Å²) < 4.78 is 52.7. The highest BCUT2D eigenvalue weighted by Crippen LogP contribution is 2.34. The molecule has 2 rings (SSSR count). The van der Waals surface area contributed by atoms with Crippen molar-refractivity contribution >= 4 is 21.6 Å². The number of anilines is 1. The molecule has 1 heterocycles. The molecule has 0 radical (unpaired) electrons. The van der Waals surface area contributed by atoms with E-state index in [2.05, 4.69) is 26.0 Å². The van der Waals surface area contributed by atoms with E-state index in [1.807, 2.05) is 0 Å². The highest BCUT2D eigenvalue weighted by atomic mass is 79.9. The van der Waals surface area contributed by atoms with Crippen molar-refractivity contribution in [1.29, 1.82) is 0 Å². The maximum Gasteiger partial charge on any atom is 0.573 e. The Labute approximate surface area is 128 Å². The molecule has 118 valence electrons. The van der Waals surface area contributed by atoms with Crippen LogP contribution in [0.2, 0.25) is 0 Å². The molecule has 0 aromatic heterocycles. The molecule has 0 spiro atoms. The van der Waals surface area contributed by atoms with E-state index in [0.29, 0.717) is 17.7 Å². The molecule has 1 N–H and O–H groups in total. The van der Waals surface area contributed by atoms with E-state index >= 15 is 0 Å². The molecule has 1 fully saturated rings. The summed E-state index contributed by atoms with van der Waals surface area (Å²) in [5.41, 5.74) is 0.229. The summed E-state index contributed by atoms with van der Waals surface area (Å²) in [7, 11) is 0. The van der Waals surface area contributed by atoms with Crippen molar-refractivity contribution in [2.45, 2.75) is 32.0 Å². The third kappa shape index (κ3) is 5.05. The fourth-order valence-corrected chi connectivity index (χ4v) is 2.16. The van der Waals surface area contributed by atoms with E-state index in [1.165, 1.54) is 12.1 Å². The SMILES string of the molecule is CC1(C)OCC(Nc2ccc(Br)cc2OC(F)(F)F)CO1. The van der Waals surface area contributed by atoms with Crippen LogP contribution in [-0.4, -0.2) is 31.4 Å².